The van der Waals surface area contributed by atoms with Crippen molar-refractivity contribution in [1.82, 2.24) is 9.80 Å². The number of nitrogens with zero attached hydrogens (tertiary/aromatic N) is 2. The van der Waals surface area contributed by atoms with Gasteiger partial charge in [0.2, 0.25) is 5.91 Å². The SMILES string of the molecule is CCN(CC)CCN(CCOC)CC(=O)Nc1c(C(C)C)cccc1C(C)C. The number of amides is 1. The summed E-state index contributed by atoms with van der Waals surface area (Å²) in [7, 11) is 1.70. The molecule has 0 atom stereocenters. The first-order valence-corrected chi connectivity index (χ1v) is 10.7. The summed E-state index contributed by atoms with van der Waals surface area (Å²) in [5.74, 6) is 0.771. The van der Waals surface area contributed by atoms with Crippen molar-refractivity contribution in [2.24, 2.45) is 0 Å². The molecule has 0 saturated heterocycles. The van der Waals surface area contributed by atoms with Gasteiger partial charge in [-0.3, -0.25) is 9.69 Å². The summed E-state index contributed by atoms with van der Waals surface area (Å²) in [5, 5.41) is 3.23. The minimum absolute atomic E-state index is 0.0469. The molecule has 1 rings (SSSR count). The lowest BCUT2D eigenvalue weighted by molar-refractivity contribution is -0.117. The monoisotopic (exact) mass is 391 g/mol. The number of rotatable bonds is 13. The minimum Gasteiger partial charge on any atom is -0.383 e. The van der Waals surface area contributed by atoms with E-state index in [4.69, 9.17) is 4.74 Å². The van der Waals surface area contributed by atoms with Gasteiger partial charge in [-0.15, -0.1) is 0 Å². The summed E-state index contributed by atoms with van der Waals surface area (Å²) < 4.78 is 5.25. The second kappa shape index (κ2) is 12.9. The first kappa shape index (κ1) is 24.6. The molecule has 0 aliphatic rings. The Bertz CT molecular complexity index is 557. The molecule has 0 saturated carbocycles. The van der Waals surface area contributed by atoms with Gasteiger partial charge in [0.1, 0.15) is 0 Å². The summed E-state index contributed by atoms with van der Waals surface area (Å²) in [6, 6.07) is 6.33. The van der Waals surface area contributed by atoms with Crippen LogP contribution in [0.3, 0.4) is 0 Å². The average Bonchev–Trinajstić information content (AvgIpc) is 2.66. The molecule has 1 amide bonds. The smallest absolute Gasteiger partial charge is 0.238 e. The third-order valence-electron chi connectivity index (χ3n) is 5.24. The van der Waals surface area contributed by atoms with E-state index < -0.39 is 0 Å². The first-order valence-electron chi connectivity index (χ1n) is 10.7. The minimum atomic E-state index is 0.0469. The lowest BCUT2D eigenvalue weighted by atomic mass is 9.92. The summed E-state index contributed by atoms with van der Waals surface area (Å²) in [5.41, 5.74) is 3.39. The van der Waals surface area contributed by atoms with Crippen molar-refractivity contribution in [3.05, 3.63) is 29.3 Å². The molecular weight excluding hydrogens is 350 g/mol. The van der Waals surface area contributed by atoms with Gasteiger partial charge in [0, 0.05) is 32.4 Å². The van der Waals surface area contributed by atoms with Crippen molar-refractivity contribution in [2.45, 2.75) is 53.4 Å². The number of benzene rings is 1. The second-order valence-corrected chi connectivity index (χ2v) is 7.96. The third-order valence-corrected chi connectivity index (χ3v) is 5.24. The molecule has 0 bridgehead atoms. The maximum atomic E-state index is 12.9. The molecule has 160 valence electrons. The molecule has 0 aliphatic heterocycles. The quantitative estimate of drug-likeness (QED) is 0.548. The Morgan fingerprint density at radius 3 is 1.96 bits per heavy atom. The van der Waals surface area contributed by atoms with Gasteiger partial charge in [-0.2, -0.15) is 0 Å². The molecule has 0 aromatic heterocycles. The van der Waals surface area contributed by atoms with E-state index in [0.29, 0.717) is 25.0 Å². The zero-order valence-electron chi connectivity index (χ0n) is 19.0. The Labute approximate surface area is 172 Å². The van der Waals surface area contributed by atoms with Gasteiger partial charge >= 0.3 is 0 Å². The predicted molar refractivity (Wildman–Crippen MR) is 119 cm³/mol. The number of hydrogen-bond donors (Lipinski definition) is 1. The molecule has 0 fully saturated rings. The van der Waals surface area contributed by atoms with Gasteiger partial charge in [-0.05, 0) is 36.1 Å². The van der Waals surface area contributed by atoms with E-state index in [-0.39, 0.29) is 5.91 Å². The Hall–Kier alpha value is -1.43. The van der Waals surface area contributed by atoms with Gasteiger partial charge in [0.05, 0.1) is 13.2 Å². The molecule has 0 radical (unpaired) electrons. The highest BCUT2D eigenvalue weighted by atomic mass is 16.5. The Balaban J connectivity index is 2.88. The van der Waals surface area contributed by atoms with Crippen LogP contribution in [-0.2, 0) is 9.53 Å². The number of para-hydroxylation sites is 1. The number of likely N-dealkylation sites (N-methyl/N-ethyl adjacent to an activating group) is 1. The van der Waals surface area contributed by atoms with Crippen LogP contribution in [0.1, 0.15) is 64.5 Å². The van der Waals surface area contributed by atoms with E-state index in [1.807, 2.05) is 0 Å². The molecule has 1 aromatic rings. The average molecular weight is 392 g/mol. The van der Waals surface area contributed by atoms with Crippen LogP contribution in [0.5, 0.6) is 0 Å². The largest absolute Gasteiger partial charge is 0.383 e. The fourth-order valence-corrected chi connectivity index (χ4v) is 3.39. The zero-order chi connectivity index (χ0) is 21.1. The van der Waals surface area contributed by atoms with Crippen LogP contribution in [0.4, 0.5) is 5.69 Å². The highest BCUT2D eigenvalue weighted by Gasteiger charge is 2.18. The molecule has 5 heteroatoms. The van der Waals surface area contributed by atoms with Crippen LogP contribution >= 0.6 is 0 Å². The van der Waals surface area contributed by atoms with Crippen molar-refractivity contribution in [3.8, 4) is 0 Å². The number of ether oxygens (including phenoxy) is 1. The van der Waals surface area contributed by atoms with Gasteiger partial charge in [-0.25, -0.2) is 0 Å². The van der Waals surface area contributed by atoms with Crippen LogP contribution in [0.15, 0.2) is 18.2 Å². The van der Waals surface area contributed by atoms with Crippen molar-refractivity contribution >= 4 is 11.6 Å². The molecule has 0 heterocycles. The van der Waals surface area contributed by atoms with Gasteiger partial charge < -0.3 is 15.0 Å². The summed E-state index contributed by atoms with van der Waals surface area (Å²) >= 11 is 0. The maximum Gasteiger partial charge on any atom is 0.238 e. The molecule has 0 unspecified atom stereocenters. The molecule has 1 aromatic carbocycles. The number of nitrogens with one attached hydrogen (secondary N) is 1. The Kier molecular flexibility index (Phi) is 11.4. The van der Waals surface area contributed by atoms with E-state index in [9.17, 15) is 4.79 Å². The predicted octanol–water partition coefficient (Wildman–Crippen LogP) is 4.16. The van der Waals surface area contributed by atoms with E-state index in [0.717, 1.165) is 38.4 Å². The number of methoxy groups -OCH3 is 1. The van der Waals surface area contributed by atoms with Crippen molar-refractivity contribution in [3.63, 3.8) is 0 Å². The van der Waals surface area contributed by atoms with Crippen LogP contribution in [0.25, 0.3) is 0 Å². The molecule has 0 aliphatic carbocycles. The van der Waals surface area contributed by atoms with E-state index in [1.54, 1.807) is 7.11 Å². The fourth-order valence-electron chi connectivity index (χ4n) is 3.39. The standard InChI is InChI=1S/C23H41N3O2/c1-8-25(9-2)13-14-26(15-16-28-7)17-22(27)24-23-20(18(3)4)11-10-12-21(23)19(5)6/h10-12,18-19H,8-9,13-17H2,1-7H3,(H,24,27). The van der Waals surface area contributed by atoms with Gasteiger partial charge in [0.15, 0.2) is 0 Å². The highest BCUT2D eigenvalue weighted by molar-refractivity contribution is 5.94. The van der Waals surface area contributed by atoms with Crippen molar-refractivity contribution in [1.29, 1.82) is 0 Å². The van der Waals surface area contributed by atoms with E-state index in [2.05, 4.69) is 74.9 Å². The van der Waals surface area contributed by atoms with Crippen LogP contribution in [0, 0.1) is 0 Å². The number of carbonyl (C=O) groups is 1. The lowest BCUT2D eigenvalue weighted by Crippen LogP contribution is -2.41. The third kappa shape index (κ3) is 7.90. The molecule has 1 N–H and O–H groups in total. The maximum absolute atomic E-state index is 12.9. The Morgan fingerprint density at radius 2 is 1.50 bits per heavy atom. The number of carbonyl (C=O) groups excluding carboxylic acids is 1. The zero-order valence-corrected chi connectivity index (χ0v) is 19.0. The topological polar surface area (TPSA) is 44.8 Å². The summed E-state index contributed by atoms with van der Waals surface area (Å²) in [4.78, 5) is 17.5. The first-order chi connectivity index (χ1) is 13.3. The lowest BCUT2D eigenvalue weighted by Gasteiger charge is -2.26. The van der Waals surface area contributed by atoms with Crippen molar-refractivity contribution < 1.29 is 9.53 Å². The van der Waals surface area contributed by atoms with Crippen LogP contribution < -0.4 is 5.32 Å². The molecule has 28 heavy (non-hydrogen) atoms. The number of hydrogen-bond acceptors (Lipinski definition) is 4. The van der Waals surface area contributed by atoms with E-state index >= 15 is 0 Å². The molecule has 5 nitrogen and oxygen atoms in total. The van der Waals surface area contributed by atoms with E-state index in [1.165, 1.54) is 11.1 Å². The summed E-state index contributed by atoms with van der Waals surface area (Å²) in [6.45, 7) is 18.7. The number of anilines is 1. The van der Waals surface area contributed by atoms with Crippen LogP contribution in [-0.4, -0.2) is 68.7 Å². The normalized spacial score (nSPS) is 11.8. The second-order valence-electron chi connectivity index (χ2n) is 7.96. The van der Waals surface area contributed by atoms with Gasteiger partial charge in [0.25, 0.3) is 0 Å². The fraction of sp³-hybridized carbons (Fsp3) is 0.696. The summed E-state index contributed by atoms with van der Waals surface area (Å²) in [6.07, 6.45) is 0. The molecule has 0 spiro atoms. The molecular formula is C23H41N3O2. The van der Waals surface area contributed by atoms with Crippen molar-refractivity contribution in [2.75, 3.05) is 58.3 Å². The Morgan fingerprint density at radius 1 is 0.964 bits per heavy atom. The highest BCUT2D eigenvalue weighted by Crippen LogP contribution is 2.32. The van der Waals surface area contributed by atoms with Crippen LogP contribution in [0.2, 0.25) is 0 Å². The van der Waals surface area contributed by atoms with Gasteiger partial charge in [-0.1, -0.05) is 59.7 Å².